The van der Waals surface area contributed by atoms with Gasteiger partial charge in [-0.25, -0.2) is 14.4 Å². The van der Waals surface area contributed by atoms with Crippen LogP contribution in [0.25, 0.3) is 10.9 Å². The summed E-state index contributed by atoms with van der Waals surface area (Å²) in [4.78, 5) is 13.1. The van der Waals surface area contributed by atoms with Crippen LogP contribution in [0.2, 0.25) is 0 Å². The Morgan fingerprint density at radius 1 is 1.15 bits per heavy atom. The molecule has 0 spiro atoms. The SMILES string of the molecule is COc1cc2c(N3CCN(Cc4cc(C)no4)CC3)ncnc2cc1F. The second-order valence-electron chi connectivity index (χ2n) is 6.40. The number of aromatic nitrogens is 3. The Labute approximate surface area is 150 Å². The number of piperazine rings is 1. The van der Waals surface area contributed by atoms with E-state index < -0.39 is 5.82 Å². The number of methoxy groups -OCH3 is 1. The molecule has 26 heavy (non-hydrogen) atoms. The van der Waals surface area contributed by atoms with Gasteiger partial charge in [0.1, 0.15) is 12.1 Å². The van der Waals surface area contributed by atoms with Crippen molar-refractivity contribution in [3.8, 4) is 5.75 Å². The summed E-state index contributed by atoms with van der Waals surface area (Å²) in [5, 5.41) is 4.73. The predicted molar refractivity (Wildman–Crippen MR) is 94.8 cm³/mol. The third kappa shape index (κ3) is 3.20. The molecule has 8 heteroatoms. The van der Waals surface area contributed by atoms with Crippen molar-refractivity contribution in [3.63, 3.8) is 0 Å². The van der Waals surface area contributed by atoms with Crippen LogP contribution < -0.4 is 9.64 Å². The number of hydrogen-bond acceptors (Lipinski definition) is 7. The van der Waals surface area contributed by atoms with E-state index in [1.807, 2.05) is 13.0 Å². The normalized spacial score (nSPS) is 15.6. The summed E-state index contributed by atoms with van der Waals surface area (Å²) in [6.45, 7) is 6.06. The van der Waals surface area contributed by atoms with Gasteiger partial charge in [-0.1, -0.05) is 5.16 Å². The van der Waals surface area contributed by atoms with Crippen LogP contribution in [0.15, 0.2) is 29.0 Å². The average molecular weight is 357 g/mol. The molecule has 1 aliphatic heterocycles. The molecule has 0 saturated carbocycles. The monoisotopic (exact) mass is 357 g/mol. The number of fused-ring (bicyclic) bond motifs is 1. The Balaban J connectivity index is 1.52. The van der Waals surface area contributed by atoms with Gasteiger partial charge in [-0.2, -0.15) is 0 Å². The molecule has 3 aromatic rings. The molecule has 3 heterocycles. The second-order valence-corrected chi connectivity index (χ2v) is 6.40. The Hall–Kier alpha value is -2.74. The summed E-state index contributed by atoms with van der Waals surface area (Å²) in [6.07, 6.45) is 1.48. The highest BCUT2D eigenvalue weighted by atomic mass is 19.1. The highest BCUT2D eigenvalue weighted by molar-refractivity contribution is 5.90. The van der Waals surface area contributed by atoms with Crippen LogP contribution in [-0.2, 0) is 6.54 Å². The van der Waals surface area contributed by atoms with E-state index in [4.69, 9.17) is 9.26 Å². The topological polar surface area (TPSA) is 67.5 Å². The van der Waals surface area contributed by atoms with Crippen LogP contribution in [0, 0.1) is 12.7 Å². The first kappa shape index (κ1) is 16.7. The van der Waals surface area contributed by atoms with E-state index in [0.29, 0.717) is 5.52 Å². The highest BCUT2D eigenvalue weighted by Gasteiger charge is 2.21. The summed E-state index contributed by atoms with van der Waals surface area (Å²) in [5.41, 5.74) is 1.47. The van der Waals surface area contributed by atoms with Gasteiger partial charge < -0.3 is 14.2 Å². The van der Waals surface area contributed by atoms with Gasteiger partial charge >= 0.3 is 0 Å². The zero-order chi connectivity index (χ0) is 18.1. The number of hydrogen-bond donors (Lipinski definition) is 0. The van der Waals surface area contributed by atoms with Crippen molar-refractivity contribution in [2.75, 3.05) is 38.2 Å². The van der Waals surface area contributed by atoms with E-state index >= 15 is 0 Å². The third-order valence-corrected chi connectivity index (χ3v) is 4.62. The van der Waals surface area contributed by atoms with Crippen LogP contribution in [0.5, 0.6) is 5.75 Å². The lowest BCUT2D eigenvalue weighted by atomic mass is 10.2. The number of aryl methyl sites for hydroxylation is 1. The van der Waals surface area contributed by atoms with Gasteiger partial charge in [-0.05, 0) is 13.0 Å². The predicted octanol–water partition coefficient (Wildman–Crippen LogP) is 2.40. The average Bonchev–Trinajstić information content (AvgIpc) is 3.06. The van der Waals surface area contributed by atoms with Gasteiger partial charge in [-0.15, -0.1) is 0 Å². The molecule has 0 N–H and O–H groups in total. The van der Waals surface area contributed by atoms with E-state index in [2.05, 4.69) is 24.9 Å². The molecule has 0 bridgehead atoms. The van der Waals surface area contributed by atoms with Crippen LogP contribution in [0.4, 0.5) is 10.2 Å². The van der Waals surface area contributed by atoms with Crippen molar-refractivity contribution in [1.82, 2.24) is 20.0 Å². The van der Waals surface area contributed by atoms with Crippen molar-refractivity contribution in [2.45, 2.75) is 13.5 Å². The molecule has 1 fully saturated rings. The van der Waals surface area contributed by atoms with Gasteiger partial charge in [0.05, 0.1) is 24.9 Å². The minimum Gasteiger partial charge on any atom is -0.494 e. The smallest absolute Gasteiger partial charge is 0.167 e. The lowest BCUT2D eigenvalue weighted by Crippen LogP contribution is -2.46. The molecule has 4 rings (SSSR count). The molecule has 2 aromatic heterocycles. The van der Waals surface area contributed by atoms with E-state index in [1.165, 1.54) is 19.5 Å². The number of nitrogens with zero attached hydrogens (tertiary/aromatic N) is 5. The summed E-state index contributed by atoms with van der Waals surface area (Å²) < 4.78 is 24.3. The molecule has 1 saturated heterocycles. The van der Waals surface area contributed by atoms with E-state index in [0.717, 1.165) is 55.4 Å². The van der Waals surface area contributed by atoms with Crippen LogP contribution in [-0.4, -0.2) is 53.3 Å². The minimum absolute atomic E-state index is 0.202. The van der Waals surface area contributed by atoms with E-state index in [1.54, 1.807) is 6.07 Å². The maximum atomic E-state index is 13.9. The molecule has 0 unspecified atom stereocenters. The van der Waals surface area contributed by atoms with Crippen LogP contribution in [0.1, 0.15) is 11.5 Å². The molecule has 0 aliphatic carbocycles. The first-order valence-corrected chi connectivity index (χ1v) is 8.52. The first-order chi connectivity index (χ1) is 12.6. The van der Waals surface area contributed by atoms with Gasteiger partial charge in [0.15, 0.2) is 17.3 Å². The Morgan fingerprint density at radius 2 is 1.96 bits per heavy atom. The molecule has 0 radical (unpaired) electrons. The van der Waals surface area contributed by atoms with Crippen molar-refractivity contribution in [1.29, 1.82) is 0 Å². The lowest BCUT2D eigenvalue weighted by molar-refractivity contribution is 0.219. The zero-order valence-electron chi connectivity index (χ0n) is 14.8. The van der Waals surface area contributed by atoms with E-state index in [9.17, 15) is 4.39 Å². The fourth-order valence-corrected chi connectivity index (χ4v) is 3.28. The summed E-state index contributed by atoms with van der Waals surface area (Å²) >= 11 is 0. The standard InChI is InChI=1S/C18H20FN5O2/c1-12-7-13(26-22-12)10-23-3-5-24(6-4-23)18-14-8-17(25-2)15(19)9-16(14)20-11-21-18/h7-9,11H,3-6,10H2,1-2H3. The van der Waals surface area contributed by atoms with Gasteiger partial charge in [0, 0.05) is 43.7 Å². The Bertz CT molecular complexity index is 921. The Kier molecular flexibility index (Phi) is 4.42. The molecule has 0 amide bonds. The summed E-state index contributed by atoms with van der Waals surface area (Å²) in [7, 11) is 1.46. The van der Waals surface area contributed by atoms with Gasteiger partial charge in [0.25, 0.3) is 0 Å². The number of rotatable bonds is 4. The molecule has 0 atom stereocenters. The second kappa shape index (κ2) is 6.87. The number of benzene rings is 1. The summed E-state index contributed by atoms with van der Waals surface area (Å²) in [6, 6.07) is 5.02. The third-order valence-electron chi connectivity index (χ3n) is 4.62. The fraction of sp³-hybridized carbons (Fsp3) is 0.389. The quantitative estimate of drug-likeness (QED) is 0.710. The van der Waals surface area contributed by atoms with Gasteiger partial charge in [0.2, 0.25) is 0 Å². The Morgan fingerprint density at radius 3 is 2.65 bits per heavy atom. The zero-order valence-corrected chi connectivity index (χ0v) is 14.8. The summed E-state index contributed by atoms with van der Waals surface area (Å²) in [5.74, 6) is 1.47. The molecular weight excluding hydrogens is 337 g/mol. The van der Waals surface area contributed by atoms with Crippen molar-refractivity contribution in [2.24, 2.45) is 0 Å². The maximum absolute atomic E-state index is 13.9. The first-order valence-electron chi connectivity index (χ1n) is 8.52. The van der Waals surface area contributed by atoms with Crippen LogP contribution >= 0.6 is 0 Å². The lowest BCUT2D eigenvalue weighted by Gasteiger charge is -2.35. The minimum atomic E-state index is -0.420. The molecule has 1 aliphatic rings. The molecular formula is C18H20FN5O2. The van der Waals surface area contributed by atoms with Gasteiger partial charge in [-0.3, -0.25) is 4.90 Å². The highest BCUT2D eigenvalue weighted by Crippen LogP contribution is 2.29. The van der Waals surface area contributed by atoms with Crippen molar-refractivity contribution >= 4 is 16.7 Å². The van der Waals surface area contributed by atoms with E-state index in [-0.39, 0.29) is 5.75 Å². The van der Waals surface area contributed by atoms with Crippen LogP contribution in [0.3, 0.4) is 0 Å². The number of anilines is 1. The van der Waals surface area contributed by atoms with Crippen molar-refractivity contribution in [3.05, 3.63) is 41.8 Å². The molecule has 1 aromatic carbocycles. The number of halogens is 1. The number of ether oxygens (including phenoxy) is 1. The molecule has 136 valence electrons. The van der Waals surface area contributed by atoms with Crippen molar-refractivity contribution < 1.29 is 13.7 Å². The maximum Gasteiger partial charge on any atom is 0.167 e. The molecule has 7 nitrogen and oxygen atoms in total. The fourth-order valence-electron chi connectivity index (χ4n) is 3.28. The largest absolute Gasteiger partial charge is 0.494 e.